The van der Waals surface area contributed by atoms with Crippen molar-refractivity contribution in [3.8, 4) is 0 Å². The number of halogens is 1. The van der Waals surface area contributed by atoms with E-state index in [2.05, 4.69) is 34.5 Å². The molecule has 1 atom stereocenters. The molecule has 2 aromatic carbocycles. The number of benzene rings is 2. The summed E-state index contributed by atoms with van der Waals surface area (Å²) >= 11 is 6.09. The lowest BCUT2D eigenvalue weighted by Gasteiger charge is -2.26. The quantitative estimate of drug-likeness (QED) is 0.830. The molecule has 1 heterocycles. The second-order valence-corrected chi connectivity index (χ2v) is 6.33. The van der Waals surface area contributed by atoms with Crippen molar-refractivity contribution in [3.05, 3.63) is 71.3 Å². The Morgan fingerprint density at radius 2 is 1.92 bits per heavy atom. The molecule has 0 spiro atoms. The number of para-hydroxylation sites is 1. The van der Waals surface area contributed by atoms with E-state index in [9.17, 15) is 4.79 Å². The van der Waals surface area contributed by atoms with Crippen LogP contribution < -0.4 is 10.2 Å². The molecule has 0 radical (unpaired) electrons. The molecule has 3 nitrogen and oxygen atoms in total. The van der Waals surface area contributed by atoms with Crippen molar-refractivity contribution < 1.29 is 4.79 Å². The van der Waals surface area contributed by atoms with Gasteiger partial charge in [-0.15, -0.1) is 0 Å². The third kappa shape index (κ3) is 4.18. The minimum Gasteiger partial charge on any atom is -0.367 e. The summed E-state index contributed by atoms with van der Waals surface area (Å²) in [7, 11) is 0. The van der Waals surface area contributed by atoms with Crippen molar-refractivity contribution in [1.29, 1.82) is 0 Å². The molecule has 1 aliphatic rings. The van der Waals surface area contributed by atoms with Crippen molar-refractivity contribution in [1.82, 2.24) is 5.32 Å². The molecule has 124 valence electrons. The van der Waals surface area contributed by atoms with E-state index in [4.69, 9.17) is 11.6 Å². The van der Waals surface area contributed by atoms with Crippen LogP contribution in [0.2, 0.25) is 5.02 Å². The Morgan fingerprint density at radius 1 is 1.17 bits per heavy atom. The molecule has 24 heavy (non-hydrogen) atoms. The average molecular weight is 341 g/mol. The molecule has 0 aromatic heterocycles. The van der Waals surface area contributed by atoms with Crippen LogP contribution in [0.1, 0.15) is 18.4 Å². The van der Waals surface area contributed by atoms with Crippen LogP contribution in [-0.2, 0) is 4.79 Å². The molecule has 2 aromatic rings. The Balaban J connectivity index is 1.55. The van der Waals surface area contributed by atoms with Gasteiger partial charge in [0.2, 0.25) is 5.91 Å². The molecule has 1 amide bonds. The van der Waals surface area contributed by atoms with Crippen molar-refractivity contribution >= 4 is 29.3 Å². The van der Waals surface area contributed by atoms with E-state index < -0.39 is 0 Å². The molecule has 1 fully saturated rings. The third-order valence-electron chi connectivity index (χ3n) is 4.30. The van der Waals surface area contributed by atoms with E-state index >= 15 is 0 Å². The fraction of sp³-hybridized carbons (Fsp3) is 0.250. The van der Waals surface area contributed by atoms with Crippen LogP contribution in [0.4, 0.5) is 5.69 Å². The molecular formula is C20H21ClN2O. The SMILES string of the molecule is O=C(C=Cc1ccccc1Cl)NCC1CCCN1c1ccccc1. The predicted molar refractivity (Wildman–Crippen MR) is 100 cm³/mol. The normalized spacial score (nSPS) is 17.4. The maximum absolute atomic E-state index is 12.1. The van der Waals surface area contributed by atoms with Crippen LogP contribution in [0.3, 0.4) is 0 Å². The highest BCUT2D eigenvalue weighted by Gasteiger charge is 2.24. The Hall–Kier alpha value is -2.26. The summed E-state index contributed by atoms with van der Waals surface area (Å²) in [6.07, 6.45) is 5.55. The van der Waals surface area contributed by atoms with Gasteiger partial charge in [-0.2, -0.15) is 0 Å². The van der Waals surface area contributed by atoms with Crippen molar-refractivity contribution in [3.63, 3.8) is 0 Å². The molecule has 1 unspecified atom stereocenters. The molecule has 0 aliphatic carbocycles. The molecule has 1 saturated heterocycles. The van der Waals surface area contributed by atoms with Gasteiger partial charge in [0, 0.05) is 35.9 Å². The Kier molecular flexibility index (Phi) is 5.55. The minimum atomic E-state index is -0.0881. The Bertz CT molecular complexity index is 715. The lowest BCUT2D eigenvalue weighted by atomic mass is 10.2. The number of nitrogens with zero attached hydrogens (tertiary/aromatic N) is 1. The van der Waals surface area contributed by atoms with Gasteiger partial charge in [0.15, 0.2) is 0 Å². The van der Waals surface area contributed by atoms with Crippen molar-refractivity contribution in [2.45, 2.75) is 18.9 Å². The highest BCUT2D eigenvalue weighted by atomic mass is 35.5. The predicted octanol–water partition coefficient (Wildman–Crippen LogP) is 4.14. The number of carbonyl (C=O) groups excluding carboxylic acids is 1. The van der Waals surface area contributed by atoms with E-state index in [1.54, 1.807) is 12.2 Å². The third-order valence-corrected chi connectivity index (χ3v) is 4.64. The first-order valence-electron chi connectivity index (χ1n) is 8.26. The van der Waals surface area contributed by atoms with E-state index in [1.165, 1.54) is 5.69 Å². The zero-order valence-corrected chi connectivity index (χ0v) is 14.2. The second kappa shape index (κ2) is 8.02. The average Bonchev–Trinajstić information content (AvgIpc) is 3.08. The fourth-order valence-corrected chi connectivity index (χ4v) is 3.26. The lowest BCUT2D eigenvalue weighted by molar-refractivity contribution is -0.116. The van der Waals surface area contributed by atoms with Crippen molar-refractivity contribution in [2.24, 2.45) is 0 Å². The molecule has 3 rings (SSSR count). The number of hydrogen-bond acceptors (Lipinski definition) is 2. The van der Waals surface area contributed by atoms with Crippen LogP contribution in [0.15, 0.2) is 60.7 Å². The van der Waals surface area contributed by atoms with Gasteiger partial charge in [0.1, 0.15) is 0 Å². The van der Waals surface area contributed by atoms with Crippen LogP contribution in [0.25, 0.3) is 6.08 Å². The van der Waals surface area contributed by atoms with E-state index in [0.717, 1.165) is 24.9 Å². The lowest BCUT2D eigenvalue weighted by Crippen LogP contribution is -2.39. The monoisotopic (exact) mass is 340 g/mol. The number of anilines is 1. The highest BCUT2D eigenvalue weighted by Crippen LogP contribution is 2.24. The summed E-state index contributed by atoms with van der Waals surface area (Å²) in [6.45, 7) is 1.70. The van der Waals surface area contributed by atoms with Gasteiger partial charge in [-0.1, -0.05) is 48.0 Å². The maximum atomic E-state index is 12.1. The number of amides is 1. The minimum absolute atomic E-state index is 0.0881. The zero-order valence-electron chi connectivity index (χ0n) is 13.5. The van der Waals surface area contributed by atoms with Crippen LogP contribution in [0, 0.1) is 0 Å². The van der Waals surface area contributed by atoms with Crippen molar-refractivity contribution in [2.75, 3.05) is 18.0 Å². The Morgan fingerprint density at radius 3 is 2.71 bits per heavy atom. The first kappa shape index (κ1) is 16.6. The first-order valence-corrected chi connectivity index (χ1v) is 8.64. The van der Waals surface area contributed by atoms with Crippen LogP contribution in [0.5, 0.6) is 0 Å². The fourth-order valence-electron chi connectivity index (χ4n) is 3.06. The zero-order chi connectivity index (χ0) is 16.8. The molecule has 1 N–H and O–H groups in total. The summed E-state index contributed by atoms with van der Waals surface area (Å²) < 4.78 is 0. The summed E-state index contributed by atoms with van der Waals surface area (Å²) in [6, 6.07) is 18.2. The van der Waals surface area contributed by atoms with Gasteiger partial charge in [0.25, 0.3) is 0 Å². The molecule has 0 bridgehead atoms. The van der Waals surface area contributed by atoms with Crippen LogP contribution in [-0.4, -0.2) is 25.0 Å². The molecule has 1 aliphatic heterocycles. The van der Waals surface area contributed by atoms with Crippen LogP contribution >= 0.6 is 11.6 Å². The maximum Gasteiger partial charge on any atom is 0.244 e. The topological polar surface area (TPSA) is 32.3 Å². The van der Waals surface area contributed by atoms with E-state index in [-0.39, 0.29) is 5.91 Å². The first-order chi connectivity index (χ1) is 11.7. The number of hydrogen-bond donors (Lipinski definition) is 1. The van der Waals surface area contributed by atoms with Gasteiger partial charge in [-0.25, -0.2) is 0 Å². The summed E-state index contributed by atoms with van der Waals surface area (Å²) in [5.41, 5.74) is 2.07. The van der Waals surface area contributed by atoms with Gasteiger partial charge in [0.05, 0.1) is 0 Å². The number of rotatable bonds is 5. The standard InChI is InChI=1S/C20H21ClN2O/c21-19-11-5-4-7-16(19)12-13-20(24)22-15-18-10-6-14-23(18)17-8-2-1-3-9-17/h1-5,7-9,11-13,18H,6,10,14-15H2,(H,22,24). The second-order valence-electron chi connectivity index (χ2n) is 5.92. The summed E-state index contributed by atoms with van der Waals surface area (Å²) in [4.78, 5) is 14.4. The number of nitrogens with one attached hydrogen (secondary N) is 1. The summed E-state index contributed by atoms with van der Waals surface area (Å²) in [5, 5.41) is 3.65. The van der Waals surface area contributed by atoms with E-state index in [0.29, 0.717) is 17.6 Å². The highest BCUT2D eigenvalue weighted by molar-refractivity contribution is 6.32. The molecule has 4 heteroatoms. The molecule has 0 saturated carbocycles. The van der Waals surface area contributed by atoms with Gasteiger partial charge in [-0.3, -0.25) is 4.79 Å². The van der Waals surface area contributed by atoms with E-state index in [1.807, 2.05) is 30.3 Å². The molecular weight excluding hydrogens is 320 g/mol. The van der Waals surface area contributed by atoms with Gasteiger partial charge >= 0.3 is 0 Å². The van der Waals surface area contributed by atoms with Gasteiger partial charge in [-0.05, 0) is 42.7 Å². The summed E-state index contributed by atoms with van der Waals surface area (Å²) in [5.74, 6) is -0.0881. The Labute approximate surface area is 147 Å². The smallest absolute Gasteiger partial charge is 0.244 e. The largest absolute Gasteiger partial charge is 0.367 e. The number of carbonyl (C=O) groups is 1. The van der Waals surface area contributed by atoms with Gasteiger partial charge < -0.3 is 10.2 Å².